The molecule has 49 heavy (non-hydrogen) atoms. The van der Waals surface area contributed by atoms with Gasteiger partial charge in [-0.3, -0.25) is 0 Å². The molecule has 2 aromatic heterocycles. The van der Waals surface area contributed by atoms with Crippen LogP contribution in [0.5, 0.6) is 0 Å². The van der Waals surface area contributed by atoms with Crippen molar-refractivity contribution < 1.29 is 18.6 Å². The van der Waals surface area contributed by atoms with Crippen molar-refractivity contribution in [3.05, 3.63) is 78.4 Å². The lowest BCUT2D eigenvalue weighted by Gasteiger charge is -2.12. The second-order valence-electron chi connectivity index (χ2n) is 10.6. The van der Waals surface area contributed by atoms with Crippen molar-refractivity contribution in [3.8, 4) is 0 Å². The Kier molecular flexibility index (Phi) is 11.5. The van der Waals surface area contributed by atoms with Crippen LogP contribution in [0.4, 0.5) is 58.4 Å². The highest BCUT2D eigenvalue weighted by atomic mass is 32.2. The van der Waals surface area contributed by atoms with E-state index in [1.165, 1.54) is 12.1 Å². The molecular formula is C31H37N13O4S. The summed E-state index contributed by atoms with van der Waals surface area (Å²) in [5.74, 6) is 1.60. The van der Waals surface area contributed by atoms with Crippen LogP contribution in [-0.4, -0.2) is 87.6 Å². The van der Waals surface area contributed by atoms with Crippen LogP contribution < -0.4 is 37.6 Å². The minimum Gasteiger partial charge on any atom is -0.399 e. The average Bonchev–Trinajstić information content (AvgIpc) is 3.07. The molecule has 0 aliphatic rings. The predicted molar refractivity (Wildman–Crippen MR) is 190 cm³/mol. The summed E-state index contributed by atoms with van der Waals surface area (Å²) in [4.78, 5) is 26.5. The molecule has 0 unspecified atom stereocenters. The van der Waals surface area contributed by atoms with Crippen molar-refractivity contribution >= 4 is 68.3 Å². The third kappa shape index (κ3) is 10.6. The molecule has 2 heterocycles. The summed E-state index contributed by atoms with van der Waals surface area (Å²) in [6.45, 7) is 0.827. The van der Waals surface area contributed by atoms with Gasteiger partial charge in [0.15, 0.2) is 9.84 Å². The normalized spacial score (nSPS) is 11.1. The Hall–Kier alpha value is -5.85. The van der Waals surface area contributed by atoms with Gasteiger partial charge in [0.2, 0.25) is 35.7 Å². The number of hydrogen-bond acceptors (Lipinski definition) is 17. The molecular weight excluding hydrogens is 650 g/mol. The first-order valence-corrected chi connectivity index (χ1v) is 17.1. The fraction of sp³-hybridized carbons (Fsp3) is 0.226. The first-order valence-electron chi connectivity index (χ1n) is 15.2. The van der Waals surface area contributed by atoms with E-state index in [1.807, 2.05) is 36.4 Å². The van der Waals surface area contributed by atoms with Gasteiger partial charge in [-0.1, -0.05) is 24.3 Å². The minimum atomic E-state index is -3.40. The molecule has 0 spiro atoms. The zero-order chi connectivity index (χ0) is 34.6. The molecule has 0 aliphatic heterocycles. The molecule has 0 bridgehead atoms. The molecule has 0 aliphatic carbocycles. The topological polar surface area (TPSA) is 250 Å². The van der Waals surface area contributed by atoms with Crippen molar-refractivity contribution in [2.75, 3.05) is 76.7 Å². The van der Waals surface area contributed by atoms with Gasteiger partial charge in [-0.15, -0.1) is 0 Å². The van der Waals surface area contributed by atoms with Crippen LogP contribution in [0, 0.1) is 0 Å². The van der Waals surface area contributed by atoms with Gasteiger partial charge in [-0.2, -0.15) is 29.9 Å². The lowest BCUT2D eigenvalue weighted by atomic mass is 10.1. The summed E-state index contributed by atoms with van der Waals surface area (Å²) in [7, 11) is -3.40. The number of nitrogens with two attached hydrogens (primary N) is 1. The lowest BCUT2D eigenvalue weighted by molar-refractivity contribution is 0.310. The summed E-state index contributed by atoms with van der Waals surface area (Å²) in [5.41, 5.74) is 9.45. The van der Waals surface area contributed by atoms with E-state index < -0.39 is 9.84 Å². The monoisotopic (exact) mass is 687 g/mol. The smallest absolute Gasteiger partial charge is 0.233 e. The largest absolute Gasteiger partial charge is 0.399 e. The third-order valence-corrected chi connectivity index (χ3v) is 7.74. The maximum Gasteiger partial charge on any atom is 0.233 e. The Balaban J connectivity index is 1.23. The average molecular weight is 688 g/mol. The van der Waals surface area contributed by atoms with E-state index in [0.717, 1.165) is 23.2 Å². The Bertz CT molecular complexity index is 1960. The number of nitrogen functional groups attached to an aromatic ring is 1. The van der Waals surface area contributed by atoms with Crippen molar-refractivity contribution in [2.24, 2.45) is 0 Å². The van der Waals surface area contributed by atoms with Crippen LogP contribution in [0.2, 0.25) is 0 Å². The van der Waals surface area contributed by atoms with Crippen molar-refractivity contribution in [1.29, 1.82) is 0 Å². The highest BCUT2D eigenvalue weighted by Crippen LogP contribution is 2.22. The predicted octanol–water partition coefficient (Wildman–Crippen LogP) is 2.74. The van der Waals surface area contributed by atoms with E-state index in [1.54, 1.807) is 24.3 Å². The lowest BCUT2D eigenvalue weighted by Crippen LogP contribution is -2.14. The zero-order valence-electron chi connectivity index (χ0n) is 26.6. The molecule has 18 heteroatoms. The summed E-state index contributed by atoms with van der Waals surface area (Å²) in [5, 5.41) is 36.9. The van der Waals surface area contributed by atoms with Gasteiger partial charge in [0.1, 0.15) is 0 Å². The molecule has 5 rings (SSSR count). The molecule has 17 nitrogen and oxygen atoms in total. The van der Waals surface area contributed by atoms with Crippen molar-refractivity contribution in [2.45, 2.75) is 11.3 Å². The SMILES string of the molecule is CS(=O)(=O)c1cccc(Nc2nc(NCCO)nc(Nc3ccc(CCNc4nc(NCCO)nc(Nc5cccc(N)c5)n4)cc3)n2)c1. The van der Waals surface area contributed by atoms with E-state index in [0.29, 0.717) is 42.2 Å². The summed E-state index contributed by atoms with van der Waals surface area (Å²) in [6, 6.07) is 21.2. The molecule has 0 fully saturated rings. The maximum absolute atomic E-state index is 12.0. The number of aromatic nitrogens is 6. The van der Waals surface area contributed by atoms with E-state index in [-0.39, 0.29) is 49.0 Å². The molecule has 0 saturated heterocycles. The minimum absolute atomic E-state index is 0.0772. The Labute approximate surface area is 282 Å². The third-order valence-electron chi connectivity index (χ3n) is 6.63. The number of sulfone groups is 1. The van der Waals surface area contributed by atoms with Gasteiger partial charge in [-0.25, -0.2) is 8.42 Å². The van der Waals surface area contributed by atoms with E-state index in [4.69, 9.17) is 5.73 Å². The maximum atomic E-state index is 12.0. The van der Waals surface area contributed by atoms with Gasteiger partial charge >= 0.3 is 0 Å². The van der Waals surface area contributed by atoms with Gasteiger partial charge in [0, 0.05) is 48.6 Å². The Morgan fingerprint density at radius 2 is 1.06 bits per heavy atom. The van der Waals surface area contributed by atoms with E-state index in [9.17, 15) is 18.6 Å². The van der Waals surface area contributed by atoms with Gasteiger partial charge < -0.3 is 47.8 Å². The van der Waals surface area contributed by atoms with Crippen LogP contribution in [-0.2, 0) is 16.3 Å². The molecule has 3 aromatic carbocycles. The number of anilines is 10. The quantitative estimate of drug-likeness (QED) is 0.0637. The van der Waals surface area contributed by atoms with Crippen LogP contribution in [0.3, 0.4) is 0 Å². The fourth-order valence-corrected chi connectivity index (χ4v) is 5.04. The fourth-order valence-electron chi connectivity index (χ4n) is 4.37. The Morgan fingerprint density at radius 1 is 0.592 bits per heavy atom. The molecule has 0 saturated carbocycles. The highest BCUT2D eigenvalue weighted by Gasteiger charge is 2.12. The molecule has 256 valence electrons. The number of nitrogens with one attached hydrogen (secondary N) is 6. The standard InChI is InChI=1S/C31H37N13O4S/c1-49(47,48)25-7-3-6-24(19-25)38-31-43-28(35-15-17-46)42-29(44-31)36-22-10-8-20(9-11-22)12-13-33-26-39-27(34-14-16-45)41-30(40-26)37-23-5-2-4-21(32)18-23/h2-11,18-19,45-46H,12-17,32H2,1H3,(H3,33,34,37,39,40,41)(H3,35,36,38,42,43,44). The molecule has 5 aromatic rings. The van der Waals surface area contributed by atoms with E-state index in [2.05, 4.69) is 61.8 Å². The van der Waals surface area contributed by atoms with Crippen molar-refractivity contribution in [1.82, 2.24) is 29.9 Å². The first kappa shape index (κ1) is 34.5. The number of benzene rings is 3. The number of aliphatic hydroxyl groups is 2. The number of nitrogens with zero attached hydrogens (tertiary/aromatic N) is 6. The van der Waals surface area contributed by atoms with Crippen molar-refractivity contribution in [3.63, 3.8) is 0 Å². The van der Waals surface area contributed by atoms with Crippen LogP contribution in [0.25, 0.3) is 0 Å². The van der Waals surface area contributed by atoms with Gasteiger partial charge in [-0.05, 0) is 60.5 Å². The first-order chi connectivity index (χ1) is 23.7. The molecule has 0 amide bonds. The molecule has 10 N–H and O–H groups in total. The second kappa shape index (κ2) is 16.3. The summed E-state index contributed by atoms with van der Waals surface area (Å²) >= 11 is 0. The molecule has 0 radical (unpaired) electrons. The highest BCUT2D eigenvalue weighted by molar-refractivity contribution is 7.90. The van der Waals surface area contributed by atoms with Crippen LogP contribution in [0.1, 0.15) is 5.56 Å². The second-order valence-corrected chi connectivity index (χ2v) is 12.6. The van der Waals surface area contributed by atoms with Crippen LogP contribution in [0.15, 0.2) is 77.7 Å². The summed E-state index contributed by atoms with van der Waals surface area (Å²) < 4.78 is 24.0. The van der Waals surface area contributed by atoms with Gasteiger partial charge in [0.25, 0.3) is 0 Å². The number of hydrogen-bond donors (Lipinski definition) is 9. The van der Waals surface area contributed by atoms with Gasteiger partial charge in [0.05, 0.1) is 18.1 Å². The number of aliphatic hydroxyl groups excluding tert-OH is 2. The Morgan fingerprint density at radius 3 is 1.59 bits per heavy atom. The van der Waals surface area contributed by atoms with E-state index >= 15 is 0 Å². The zero-order valence-corrected chi connectivity index (χ0v) is 27.4. The number of rotatable bonds is 17. The van der Waals surface area contributed by atoms with Crippen LogP contribution >= 0.6 is 0 Å². The summed E-state index contributed by atoms with van der Waals surface area (Å²) in [6.07, 6.45) is 1.79. The molecule has 0 atom stereocenters.